The van der Waals surface area contributed by atoms with Crippen LogP contribution in [0.1, 0.15) is 63.0 Å². The van der Waals surface area contributed by atoms with Crippen LogP contribution >= 0.6 is 0 Å². The molecule has 0 aliphatic heterocycles. The maximum atomic E-state index is 14.5. The summed E-state index contributed by atoms with van der Waals surface area (Å²) in [5.74, 6) is 0.611. The highest BCUT2D eigenvalue weighted by atomic mass is 19.1. The minimum Gasteiger partial charge on any atom is -0.496 e. The normalized spacial score (nSPS) is 18.3. The van der Waals surface area contributed by atoms with Crippen LogP contribution in [0.2, 0.25) is 0 Å². The first kappa shape index (κ1) is 15.3. The van der Waals surface area contributed by atoms with E-state index >= 15 is 0 Å². The lowest BCUT2D eigenvalue weighted by molar-refractivity contribution is 0.297. The van der Waals surface area contributed by atoms with E-state index in [2.05, 4.69) is 0 Å². The second-order valence-corrected chi connectivity index (χ2v) is 6.27. The summed E-state index contributed by atoms with van der Waals surface area (Å²) in [5, 5.41) is 0. The van der Waals surface area contributed by atoms with Gasteiger partial charge in [-0.3, -0.25) is 0 Å². The number of rotatable bonds is 4. The van der Waals surface area contributed by atoms with E-state index in [4.69, 9.17) is 10.5 Å². The Morgan fingerprint density at radius 2 is 1.90 bits per heavy atom. The van der Waals surface area contributed by atoms with Gasteiger partial charge in [-0.15, -0.1) is 0 Å². The fraction of sp³-hybridized carbons (Fsp3) is 0.647. The van der Waals surface area contributed by atoms with Crippen molar-refractivity contribution in [1.29, 1.82) is 0 Å². The second kappa shape index (κ2) is 6.13. The standard InChI is InChI=1S/C17H26FNO/c1-12(2)16-14(18)9-13(10-15(16)20-3)17(11-19)7-5-4-6-8-17/h9-10,12H,4-8,11,19H2,1-3H3. The monoisotopic (exact) mass is 279 g/mol. The Morgan fingerprint density at radius 3 is 2.40 bits per heavy atom. The third-order valence-corrected chi connectivity index (χ3v) is 4.70. The molecule has 0 unspecified atom stereocenters. The third-order valence-electron chi connectivity index (χ3n) is 4.70. The highest BCUT2D eigenvalue weighted by Crippen LogP contribution is 2.42. The fourth-order valence-electron chi connectivity index (χ4n) is 3.47. The SMILES string of the molecule is COc1cc(C2(CN)CCCCC2)cc(F)c1C(C)C. The highest BCUT2D eigenvalue weighted by Gasteiger charge is 2.34. The first-order valence-corrected chi connectivity index (χ1v) is 7.62. The van der Waals surface area contributed by atoms with E-state index in [0.29, 0.717) is 17.9 Å². The van der Waals surface area contributed by atoms with Crippen LogP contribution in [0.25, 0.3) is 0 Å². The van der Waals surface area contributed by atoms with Crippen LogP contribution in [0, 0.1) is 5.82 Å². The molecule has 0 atom stereocenters. The lowest BCUT2D eigenvalue weighted by Gasteiger charge is -2.37. The zero-order chi connectivity index (χ0) is 14.8. The van der Waals surface area contributed by atoms with Crippen LogP contribution < -0.4 is 10.5 Å². The van der Waals surface area contributed by atoms with Crippen molar-refractivity contribution in [3.05, 3.63) is 29.1 Å². The first-order chi connectivity index (χ1) is 9.54. The summed E-state index contributed by atoms with van der Waals surface area (Å²) >= 11 is 0. The summed E-state index contributed by atoms with van der Waals surface area (Å²) in [6, 6.07) is 3.70. The molecule has 1 saturated carbocycles. The van der Waals surface area contributed by atoms with E-state index in [1.54, 1.807) is 13.2 Å². The van der Waals surface area contributed by atoms with Crippen molar-refractivity contribution in [3.8, 4) is 5.75 Å². The Balaban J connectivity index is 2.49. The van der Waals surface area contributed by atoms with Crippen molar-refractivity contribution in [2.45, 2.75) is 57.3 Å². The van der Waals surface area contributed by atoms with Gasteiger partial charge in [0.05, 0.1) is 7.11 Å². The Bertz CT molecular complexity index is 464. The maximum Gasteiger partial charge on any atom is 0.130 e. The van der Waals surface area contributed by atoms with Gasteiger partial charge in [0.15, 0.2) is 0 Å². The molecule has 3 heteroatoms. The van der Waals surface area contributed by atoms with E-state index < -0.39 is 0 Å². The van der Waals surface area contributed by atoms with Gasteiger partial charge < -0.3 is 10.5 Å². The summed E-state index contributed by atoms with van der Waals surface area (Å²) in [7, 11) is 1.61. The molecule has 1 aliphatic carbocycles. The summed E-state index contributed by atoms with van der Waals surface area (Å²) in [6.45, 7) is 4.55. The van der Waals surface area contributed by atoms with Gasteiger partial charge in [0, 0.05) is 17.5 Å². The minimum absolute atomic E-state index is 0.0676. The quantitative estimate of drug-likeness (QED) is 0.900. The number of ether oxygens (including phenoxy) is 1. The van der Waals surface area contributed by atoms with Gasteiger partial charge in [-0.1, -0.05) is 33.1 Å². The van der Waals surface area contributed by atoms with Gasteiger partial charge in [-0.25, -0.2) is 4.39 Å². The molecule has 112 valence electrons. The number of methoxy groups -OCH3 is 1. The molecule has 2 N–H and O–H groups in total. The molecule has 1 aromatic carbocycles. The van der Waals surface area contributed by atoms with Gasteiger partial charge in [-0.05, 0) is 36.5 Å². The average Bonchev–Trinajstić information content (AvgIpc) is 2.46. The van der Waals surface area contributed by atoms with Gasteiger partial charge in [0.25, 0.3) is 0 Å². The Hall–Kier alpha value is -1.09. The number of halogens is 1. The van der Waals surface area contributed by atoms with Crippen LogP contribution in [0.5, 0.6) is 5.75 Å². The molecular weight excluding hydrogens is 253 g/mol. The Labute approximate surface area is 121 Å². The second-order valence-electron chi connectivity index (χ2n) is 6.27. The average molecular weight is 279 g/mol. The molecule has 2 nitrogen and oxygen atoms in total. The van der Waals surface area contributed by atoms with Crippen molar-refractivity contribution in [3.63, 3.8) is 0 Å². The molecular formula is C17H26FNO. The van der Waals surface area contributed by atoms with Crippen LogP contribution in [-0.2, 0) is 5.41 Å². The maximum absolute atomic E-state index is 14.5. The Morgan fingerprint density at radius 1 is 1.25 bits per heavy atom. The topological polar surface area (TPSA) is 35.2 Å². The van der Waals surface area contributed by atoms with Gasteiger partial charge >= 0.3 is 0 Å². The molecule has 1 aromatic rings. The van der Waals surface area contributed by atoms with Crippen molar-refractivity contribution in [2.24, 2.45) is 5.73 Å². The summed E-state index contributed by atoms with van der Waals surface area (Å²) in [5.41, 5.74) is 7.66. The summed E-state index contributed by atoms with van der Waals surface area (Å²) in [4.78, 5) is 0. The number of hydrogen-bond donors (Lipinski definition) is 1. The molecule has 1 fully saturated rings. The van der Waals surface area contributed by atoms with E-state index in [1.165, 1.54) is 19.3 Å². The van der Waals surface area contributed by atoms with Gasteiger partial charge in [0.1, 0.15) is 11.6 Å². The van der Waals surface area contributed by atoms with Crippen molar-refractivity contribution in [1.82, 2.24) is 0 Å². The van der Waals surface area contributed by atoms with Crippen LogP contribution in [0.3, 0.4) is 0 Å². The zero-order valence-corrected chi connectivity index (χ0v) is 12.8. The summed E-state index contributed by atoms with van der Waals surface area (Å²) < 4.78 is 19.9. The van der Waals surface area contributed by atoms with Crippen molar-refractivity contribution < 1.29 is 9.13 Å². The molecule has 0 spiro atoms. The number of nitrogens with two attached hydrogens (primary N) is 1. The lowest BCUT2D eigenvalue weighted by Crippen LogP contribution is -2.37. The lowest BCUT2D eigenvalue weighted by atomic mass is 9.69. The van der Waals surface area contributed by atoms with E-state index in [-0.39, 0.29) is 17.2 Å². The largest absolute Gasteiger partial charge is 0.496 e. The predicted molar refractivity (Wildman–Crippen MR) is 80.9 cm³/mol. The molecule has 0 aromatic heterocycles. The molecule has 2 rings (SSSR count). The molecule has 0 bridgehead atoms. The van der Waals surface area contributed by atoms with Gasteiger partial charge in [0.2, 0.25) is 0 Å². The molecule has 0 saturated heterocycles. The van der Waals surface area contributed by atoms with Crippen LogP contribution in [0.15, 0.2) is 12.1 Å². The van der Waals surface area contributed by atoms with Crippen molar-refractivity contribution in [2.75, 3.05) is 13.7 Å². The zero-order valence-electron chi connectivity index (χ0n) is 12.8. The van der Waals surface area contributed by atoms with E-state index in [1.807, 2.05) is 19.9 Å². The smallest absolute Gasteiger partial charge is 0.130 e. The van der Waals surface area contributed by atoms with Crippen LogP contribution in [-0.4, -0.2) is 13.7 Å². The molecule has 20 heavy (non-hydrogen) atoms. The molecule has 0 radical (unpaired) electrons. The molecule has 0 heterocycles. The highest BCUT2D eigenvalue weighted by molar-refractivity contribution is 5.43. The minimum atomic E-state index is -0.159. The van der Waals surface area contributed by atoms with Crippen molar-refractivity contribution >= 4 is 0 Å². The Kier molecular flexibility index (Phi) is 4.69. The van der Waals surface area contributed by atoms with Gasteiger partial charge in [-0.2, -0.15) is 0 Å². The number of hydrogen-bond acceptors (Lipinski definition) is 2. The molecule has 0 amide bonds. The van der Waals surface area contributed by atoms with E-state index in [0.717, 1.165) is 18.4 Å². The summed E-state index contributed by atoms with van der Waals surface area (Å²) in [6.07, 6.45) is 5.70. The van der Waals surface area contributed by atoms with Crippen LogP contribution in [0.4, 0.5) is 4.39 Å². The van der Waals surface area contributed by atoms with E-state index in [9.17, 15) is 4.39 Å². The predicted octanol–water partition coefficient (Wildman–Crippen LogP) is 4.12. The third kappa shape index (κ3) is 2.69. The number of benzene rings is 1. The first-order valence-electron chi connectivity index (χ1n) is 7.62. The molecule has 1 aliphatic rings. The fourth-order valence-corrected chi connectivity index (χ4v) is 3.47.